The van der Waals surface area contributed by atoms with Crippen LogP contribution < -0.4 is 4.90 Å². The van der Waals surface area contributed by atoms with Crippen molar-refractivity contribution in [2.24, 2.45) is 10.9 Å². The predicted molar refractivity (Wildman–Crippen MR) is 135 cm³/mol. The molecule has 2 aliphatic heterocycles. The molecule has 9 heteroatoms. The Kier molecular flexibility index (Phi) is 9.16. The largest absolute Gasteiger partial charge is 0.465 e. The van der Waals surface area contributed by atoms with Gasteiger partial charge >= 0.3 is 5.97 Å². The summed E-state index contributed by atoms with van der Waals surface area (Å²) in [6.45, 7) is 8.15. The summed E-state index contributed by atoms with van der Waals surface area (Å²) in [5.74, 6) is -3.46. The molecule has 0 N–H and O–H groups in total. The smallest absolute Gasteiger partial charge is 0.322 e. The number of carbonyl (C=O) groups excluding carboxylic acids is 2. The number of esters is 1. The molecule has 1 atom stereocenters. The number of carbonyl (C=O) groups is 2. The van der Waals surface area contributed by atoms with Crippen molar-refractivity contribution >= 4 is 29.3 Å². The predicted octanol–water partition coefficient (Wildman–Crippen LogP) is 3.26. The Labute approximate surface area is 210 Å². The van der Waals surface area contributed by atoms with Crippen molar-refractivity contribution in [3.8, 4) is 0 Å². The molecule has 192 valence electrons. The average Bonchev–Trinajstić information content (AvgIpc) is 2.91. The average molecular weight is 498 g/mol. The van der Waals surface area contributed by atoms with Crippen LogP contribution in [0.3, 0.4) is 0 Å². The summed E-state index contributed by atoms with van der Waals surface area (Å²) < 4.78 is 30.6. The molecule has 36 heavy (non-hydrogen) atoms. The monoisotopic (exact) mass is 497 g/mol. The highest BCUT2D eigenvalue weighted by atomic mass is 19.1. The molecule has 2 heterocycles. The minimum atomic E-state index is -1.35. The van der Waals surface area contributed by atoms with Gasteiger partial charge in [-0.15, -0.1) is 0 Å². The molecule has 8 nitrogen and oxygen atoms in total. The van der Waals surface area contributed by atoms with Gasteiger partial charge in [0, 0.05) is 44.6 Å². The van der Waals surface area contributed by atoms with Crippen molar-refractivity contribution in [2.45, 2.75) is 13.5 Å². The maximum Gasteiger partial charge on any atom is 0.322 e. The highest BCUT2D eigenvalue weighted by Crippen LogP contribution is 2.22. The highest BCUT2D eigenvalue weighted by Gasteiger charge is 2.30. The van der Waals surface area contributed by atoms with Crippen LogP contribution in [0.25, 0.3) is 0 Å². The fourth-order valence-corrected chi connectivity index (χ4v) is 4.24. The molecule has 0 amide bonds. The Hall–Kier alpha value is -3.14. The van der Waals surface area contributed by atoms with Crippen LogP contribution in [0.15, 0.2) is 47.5 Å². The number of anilines is 1. The van der Waals surface area contributed by atoms with Gasteiger partial charge in [-0.25, -0.2) is 4.39 Å². The zero-order valence-corrected chi connectivity index (χ0v) is 20.5. The minimum absolute atomic E-state index is 0.101. The third-order valence-electron chi connectivity index (χ3n) is 6.23. The Morgan fingerprint density at radius 1 is 1.03 bits per heavy atom. The van der Waals surface area contributed by atoms with E-state index in [0.29, 0.717) is 38.7 Å². The summed E-state index contributed by atoms with van der Waals surface area (Å²) in [6.07, 6.45) is 1.25. The van der Waals surface area contributed by atoms with Crippen molar-refractivity contribution < 1.29 is 28.2 Å². The number of ether oxygens (including phenoxy) is 3. The number of nitrogens with zero attached hydrogens (tertiary/aromatic N) is 3. The lowest BCUT2D eigenvalue weighted by molar-refractivity contribution is -0.143. The van der Waals surface area contributed by atoms with Crippen molar-refractivity contribution in [1.82, 2.24) is 4.90 Å². The number of hydrogen-bond acceptors (Lipinski definition) is 8. The van der Waals surface area contributed by atoms with Crippen molar-refractivity contribution in [3.63, 3.8) is 0 Å². The van der Waals surface area contributed by atoms with Crippen molar-refractivity contribution in [2.75, 3.05) is 64.1 Å². The molecule has 2 saturated heterocycles. The molecule has 2 aliphatic rings. The van der Waals surface area contributed by atoms with Crippen LogP contribution in [0.2, 0.25) is 0 Å². The second-order valence-corrected chi connectivity index (χ2v) is 8.69. The van der Waals surface area contributed by atoms with Gasteiger partial charge in [0.05, 0.1) is 44.3 Å². The van der Waals surface area contributed by atoms with E-state index >= 15 is 0 Å². The second-order valence-electron chi connectivity index (χ2n) is 8.69. The Morgan fingerprint density at radius 2 is 1.69 bits per heavy atom. The topological polar surface area (TPSA) is 80.7 Å². The van der Waals surface area contributed by atoms with E-state index in [1.54, 1.807) is 13.0 Å². The quantitative estimate of drug-likeness (QED) is 0.228. The van der Waals surface area contributed by atoms with E-state index in [4.69, 9.17) is 14.2 Å². The summed E-state index contributed by atoms with van der Waals surface area (Å²) in [5, 5.41) is 0. The third-order valence-corrected chi connectivity index (χ3v) is 6.23. The standard InChI is InChI=1S/C27H32FN3O5/c1-2-36-27(33)24(18-29-21-4-6-22(7-5-21)31-11-15-35-16-12-31)26(32)23-17-20(3-8-25(23)28)19-30-9-13-34-14-10-30/h3-8,17-18,24H,2,9-16,19H2,1H3. The first-order valence-electron chi connectivity index (χ1n) is 12.3. The zero-order valence-electron chi connectivity index (χ0n) is 20.5. The van der Waals surface area contributed by atoms with Gasteiger partial charge in [0.15, 0.2) is 11.7 Å². The number of halogens is 1. The SMILES string of the molecule is CCOC(=O)C(C=Nc1ccc(N2CCOCC2)cc1)C(=O)c1cc(CN2CCOCC2)ccc1F. The number of rotatable bonds is 9. The maximum atomic E-state index is 14.7. The van der Waals surface area contributed by atoms with Gasteiger partial charge in [-0.2, -0.15) is 0 Å². The molecule has 0 saturated carbocycles. The molecular weight excluding hydrogens is 465 g/mol. The van der Waals surface area contributed by atoms with Gasteiger partial charge in [0.2, 0.25) is 0 Å². The van der Waals surface area contributed by atoms with Gasteiger partial charge in [-0.1, -0.05) is 6.07 Å². The molecule has 0 radical (unpaired) electrons. The lowest BCUT2D eigenvalue weighted by atomic mass is 9.96. The zero-order chi connectivity index (χ0) is 25.3. The van der Waals surface area contributed by atoms with Crippen LogP contribution in [0.1, 0.15) is 22.8 Å². The number of hydrogen-bond donors (Lipinski definition) is 0. The summed E-state index contributed by atoms with van der Waals surface area (Å²) in [6, 6.07) is 12.0. The molecule has 2 aromatic rings. The first-order valence-corrected chi connectivity index (χ1v) is 12.3. The fraction of sp³-hybridized carbons (Fsp3) is 0.444. The second kappa shape index (κ2) is 12.7. The molecule has 0 spiro atoms. The molecule has 0 aliphatic carbocycles. The third kappa shape index (κ3) is 6.75. The van der Waals surface area contributed by atoms with Crippen LogP contribution in [-0.4, -0.2) is 82.1 Å². The van der Waals surface area contributed by atoms with Gasteiger partial charge in [-0.3, -0.25) is 19.5 Å². The fourth-order valence-electron chi connectivity index (χ4n) is 4.24. The number of morpholine rings is 2. The summed E-state index contributed by atoms with van der Waals surface area (Å²) >= 11 is 0. The van der Waals surface area contributed by atoms with Gasteiger partial charge in [0.1, 0.15) is 5.82 Å². The molecule has 0 bridgehead atoms. The van der Waals surface area contributed by atoms with E-state index in [-0.39, 0.29) is 12.2 Å². The van der Waals surface area contributed by atoms with E-state index < -0.39 is 23.5 Å². The van der Waals surface area contributed by atoms with Crippen LogP contribution in [0.4, 0.5) is 15.8 Å². The van der Waals surface area contributed by atoms with Gasteiger partial charge in [-0.05, 0) is 48.9 Å². The number of aliphatic imine (C=N–C) groups is 1. The summed E-state index contributed by atoms with van der Waals surface area (Å²) in [4.78, 5) is 34.7. The van der Waals surface area contributed by atoms with Crippen LogP contribution >= 0.6 is 0 Å². The Bertz CT molecular complexity index is 1060. The Morgan fingerprint density at radius 3 is 2.36 bits per heavy atom. The molecule has 1 unspecified atom stereocenters. The molecule has 0 aromatic heterocycles. The Balaban J connectivity index is 1.51. The van der Waals surface area contributed by atoms with E-state index in [9.17, 15) is 14.0 Å². The molecule has 4 rings (SSSR count). The summed E-state index contributed by atoms with van der Waals surface area (Å²) in [5.41, 5.74) is 2.28. The molecule has 2 fully saturated rings. The first-order chi connectivity index (χ1) is 17.5. The normalized spacial score (nSPS) is 17.8. The maximum absolute atomic E-state index is 14.7. The van der Waals surface area contributed by atoms with Gasteiger partial charge in [0.25, 0.3) is 0 Å². The van der Waals surface area contributed by atoms with Crippen molar-refractivity contribution in [1.29, 1.82) is 0 Å². The van der Waals surface area contributed by atoms with Gasteiger partial charge < -0.3 is 19.1 Å². The molecule has 2 aromatic carbocycles. The van der Waals surface area contributed by atoms with E-state index in [0.717, 1.165) is 37.4 Å². The lowest BCUT2D eigenvalue weighted by Crippen LogP contribution is -2.36. The lowest BCUT2D eigenvalue weighted by Gasteiger charge is -2.28. The molecular formula is C27H32FN3O5. The summed E-state index contributed by atoms with van der Waals surface area (Å²) in [7, 11) is 0. The van der Waals surface area contributed by atoms with Crippen LogP contribution in [-0.2, 0) is 25.5 Å². The van der Waals surface area contributed by atoms with Crippen molar-refractivity contribution in [3.05, 3.63) is 59.4 Å². The number of benzene rings is 2. The minimum Gasteiger partial charge on any atom is -0.465 e. The van der Waals surface area contributed by atoms with E-state index in [1.807, 2.05) is 24.3 Å². The van der Waals surface area contributed by atoms with Crippen LogP contribution in [0, 0.1) is 11.7 Å². The number of Topliss-reactive ketones (excluding diaryl/α,β-unsaturated/α-hetero) is 1. The first kappa shape index (κ1) is 25.9. The van der Waals surface area contributed by atoms with E-state index in [2.05, 4.69) is 14.8 Å². The highest BCUT2D eigenvalue weighted by molar-refractivity contribution is 6.18. The van der Waals surface area contributed by atoms with E-state index in [1.165, 1.54) is 18.3 Å². The number of ketones is 1. The van der Waals surface area contributed by atoms with Crippen LogP contribution in [0.5, 0.6) is 0 Å².